The minimum absolute atomic E-state index is 0.243. The highest BCUT2D eigenvalue weighted by atomic mass is 32.1. The molecule has 0 spiro atoms. The molecule has 96 valence electrons. The van der Waals surface area contributed by atoms with Gasteiger partial charge in [0.05, 0.1) is 0 Å². The zero-order chi connectivity index (χ0) is 12.8. The molecule has 0 amide bonds. The van der Waals surface area contributed by atoms with Gasteiger partial charge < -0.3 is 10.4 Å². The van der Waals surface area contributed by atoms with E-state index in [1.54, 1.807) is 0 Å². The molecule has 3 heteroatoms. The van der Waals surface area contributed by atoms with Gasteiger partial charge in [0.25, 0.3) is 0 Å². The number of rotatable bonds is 6. The summed E-state index contributed by atoms with van der Waals surface area (Å²) >= 11 is 1.82. The van der Waals surface area contributed by atoms with Crippen LogP contribution in [0.2, 0.25) is 0 Å². The van der Waals surface area contributed by atoms with E-state index >= 15 is 0 Å². The van der Waals surface area contributed by atoms with Crippen molar-refractivity contribution in [2.45, 2.75) is 13.5 Å². The fourth-order valence-corrected chi connectivity index (χ4v) is 2.72. The molecule has 1 aromatic carbocycles. The molecule has 0 saturated carbocycles. The third-order valence-corrected chi connectivity index (χ3v) is 3.96. The lowest BCUT2D eigenvalue weighted by Crippen LogP contribution is -2.22. The van der Waals surface area contributed by atoms with Gasteiger partial charge in [0.1, 0.15) is 0 Å². The van der Waals surface area contributed by atoms with Crippen molar-refractivity contribution in [3.8, 4) is 10.4 Å². The maximum atomic E-state index is 8.95. The molecule has 0 fully saturated rings. The summed E-state index contributed by atoms with van der Waals surface area (Å²) in [4.78, 5) is 2.64. The van der Waals surface area contributed by atoms with Crippen LogP contribution in [-0.2, 0) is 6.54 Å². The number of nitrogens with one attached hydrogen (secondary N) is 1. The fourth-order valence-electron chi connectivity index (χ4n) is 1.74. The summed E-state index contributed by atoms with van der Waals surface area (Å²) in [6.07, 6.45) is 0. The molecule has 0 saturated heterocycles. The van der Waals surface area contributed by atoms with E-state index in [0.717, 1.165) is 13.1 Å². The molecular weight excluding hydrogens is 242 g/mol. The Morgan fingerprint density at radius 1 is 1.17 bits per heavy atom. The van der Waals surface area contributed by atoms with E-state index in [2.05, 4.69) is 41.7 Å². The Hall–Kier alpha value is -1.16. The molecule has 2 rings (SSSR count). The van der Waals surface area contributed by atoms with Gasteiger partial charge in [-0.15, -0.1) is 11.3 Å². The molecular formula is C15H19NOS. The van der Waals surface area contributed by atoms with Crippen molar-refractivity contribution in [2.24, 2.45) is 5.92 Å². The first kappa shape index (κ1) is 13.3. The van der Waals surface area contributed by atoms with Crippen molar-refractivity contribution in [3.05, 3.63) is 47.3 Å². The van der Waals surface area contributed by atoms with E-state index in [1.165, 1.54) is 15.3 Å². The van der Waals surface area contributed by atoms with Gasteiger partial charge in [-0.25, -0.2) is 0 Å². The van der Waals surface area contributed by atoms with Crippen LogP contribution in [0.15, 0.2) is 42.5 Å². The van der Waals surface area contributed by atoms with Gasteiger partial charge in [-0.05, 0) is 23.6 Å². The molecule has 0 aliphatic heterocycles. The molecule has 0 bridgehead atoms. The highest BCUT2D eigenvalue weighted by Gasteiger charge is 2.03. The Balaban J connectivity index is 1.91. The van der Waals surface area contributed by atoms with Crippen LogP contribution < -0.4 is 5.32 Å². The second-order valence-electron chi connectivity index (χ2n) is 4.55. The van der Waals surface area contributed by atoms with Gasteiger partial charge in [-0.3, -0.25) is 0 Å². The Bertz CT molecular complexity index is 466. The minimum Gasteiger partial charge on any atom is -0.396 e. The van der Waals surface area contributed by atoms with Crippen LogP contribution in [0.4, 0.5) is 0 Å². The number of benzene rings is 1. The lowest BCUT2D eigenvalue weighted by molar-refractivity contribution is 0.233. The van der Waals surface area contributed by atoms with Crippen LogP contribution in [0.5, 0.6) is 0 Å². The molecule has 1 aromatic heterocycles. The Labute approximate surface area is 112 Å². The fraction of sp³-hybridized carbons (Fsp3) is 0.333. The molecule has 2 nitrogen and oxygen atoms in total. The summed E-state index contributed by atoms with van der Waals surface area (Å²) in [6, 6.07) is 14.8. The third kappa shape index (κ3) is 3.67. The number of aliphatic hydroxyl groups excluding tert-OH is 1. The Morgan fingerprint density at radius 3 is 2.67 bits per heavy atom. The molecule has 2 N–H and O–H groups in total. The van der Waals surface area contributed by atoms with Crippen LogP contribution in [0.25, 0.3) is 10.4 Å². The van der Waals surface area contributed by atoms with Gasteiger partial charge >= 0.3 is 0 Å². The van der Waals surface area contributed by atoms with Crippen molar-refractivity contribution in [1.82, 2.24) is 5.32 Å². The largest absolute Gasteiger partial charge is 0.396 e. The van der Waals surface area contributed by atoms with Crippen LogP contribution in [0.1, 0.15) is 11.8 Å². The van der Waals surface area contributed by atoms with Crippen molar-refractivity contribution >= 4 is 11.3 Å². The highest BCUT2D eigenvalue weighted by molar-refractivity contribution is 7.15. The highest BCUT2D eigenvalue weighted by Crippen LogP contribution is 2.27. The lowest BCUT2D eigenvalue weighted by atomic mass is 10.2. The Kier molecular flexibility index (Phi) is 4.93. The standard InChI is InChI=1S/C15H19NOS/c1-12(11-17)9-16-10-14-7-8-15(18-14)13-5-3-2-4-6-13/h2-8,12,16-17H,9-11H2,1H3. The van der Waals surface area contributed by atoms with E-state index in [4.69, 9.17) is 5.11 Å². The number of hydrogen-bond acceptors (Lipinski definition) is 3. The first-order chi connectivity index (χ1) is 8.79. The van der Waals surface area contributed by atoms with E-state index in [0.29, 0.717) is 5.92 Å². The van der Waals surface area contributed by atoms with Crippen molar-refractivity contribution in [1.29, 1.82) is 0 Å². The van der Waals surface area contributed by atoms with Gasteiger partial charge in [0, 0.05) is 29.5 Å². The molecule has 18 heavy (non-hydrogen) atoms. The van der Waals surface area contributed by atoms with Crippen molar-refractivity contribution in [3.63, 3.8) is 0 Å². The molecule has 1 heterocycles. The van der Waals surface area contributed by atoms with E-state index in [-0.39, 0.29) is 6.61 Å². The minimum atomic E-state index is 0.243. The summed E-state index contributed by atoms with van der Waals surface area (Å²) in [6.45, 7) is 4.01. The zero-order valence-corrected chi connectivity index (χ0v) is 11.4. The molecule has 1 unspecified atom stereocenters. The van der Waals surface area contributed by atoms with E-state index in [9.17, 15) is 0 Å². The van der Waals surface area contributed by atoms with E-state index in [1.807, 2.05) is 24.3 Å². The molecule has 0 radical (unpaired) electrons. The van der Waals surface area contributed by atoms with E-state index < -0.39 is 0 Å². The predicted molar refractivity (Wildman–Crippen MR) is 77.7 cm³/mol. The van der Waals surface area contributed by atoms with Gasteiger partial charge in [-0.2, -0.15) is 0 Å². The summed E-state index contributed by atoms with van der Waals surface area (Å²) in [5.74, 6) is 0.318. The SMILES string of the molecule is CC(CO)CNCc1ccc(-c2ccccc2)s1. The zero-order valence-electron chi connectivity index (χ0n) is 10.6. The normalized spacial score (nSPS) is 12.6. The first-order valence-electron chi connectivity index (χ1n) is 6.25. The maximum absolute atomic E-state index is 8.95. The number of hydrogen-bond donors (Lipinski definition) is 2. The molecule has 0 aliphatic carbocycles. The van der Waals surface area contributed by atoms with Crippen molar-refractivity contribution < 1.29 is 5.11 Å². The quantitative estimate of drug-likeness (QED) is 0.837. The van der Waals surface area contributed by atoms with Gasteiger partial charge in [-0.1, -0.05) is 37.3 Å². The smallest absolute Gasteiger partial charge is 0.0468 e. The molecule has 2 aromatic rings. The van der Waals surface area contributed by atoms with Crippen LogP contribution in [0.3, 0.4) is 0 Å². The van der Waals surface area contributed by atoms with Crippen LogP contribution in [0, 0.1) is 5.92 Å². The van der Waals surface area contributed by atoms with Gasteiger partial charge in [0.15, 0.2) is 0 Å². The number of thiophene rings is 1. The predicted octanol–water partition coefficient (Wildman–Crippen LogP) is 3.13. The summed E-state index contributed by atoms with van der Waals surface area (Å²) < 4.78 is 0. The number of aliphatic hydroxyl groups is 1. The van der Waals surface area contributed by atoms with Crippen LogP contribution >= 0.6 is 11.3 Å². The molecule has 0 aliphatic rings. The Morgan fingerprint density at radius 2 is 1.94 bits per heavy atom. The summed E-state index contributed by atoms with van der Waals surface area (Å²) in [5.41, 5.74) is 1.28. The maximum Gasteiger partial charge on any atom is 0.0468 e. The second kappa shape index (κ2) is 6.69. The van der Waals surface area contributed by atoms with Crippen LogP contribution in [-0.4, -0.2) is 18.3 Å². The molecule has 1 atom stereocenters. The average Bonchev–Trinajstić information content (AvgIpc) is 2.88. The first-order valence-corrected chi connectivity index (χ1v) is 7.07. The second-order valence-corrected chi connectivity index (χ2v) is 5.72. The lowest BCUT2D eigenvalue weighted by Gasteiger charge is -2.07. The van der Waals surface area contributed by atoms with Crippen molar-refractivity contribution in [2.75, 3.05) is 13.2 Å². The summed E-state index contributed by atoms with van der Waals surface area (Å²) in [7, 11) is 0. The monoisotopic (exact) mass is 261 g/mol. The van der Waals surface area contributed by atoms with Gasteiger partial charge in [0.2, 0.25) is 0 Å². The topological polar surface area (TPSA) is 32.3 Å². The summed E-state index contributed by atoms with van der Waals surface area (Å²) in [5, 5.41) is 12.3. The third-order valence-electron chi connectivity index (χ3n) is 2.82. The average molecular weight is 261 g/mol.